The zero-order chi connectivity index (χ0) is 14.1. The zero-order valence-corrected chi connectivity index (χ0v) is 12.3. The Morgan fingerprint density at radius 2 is 2.15 bits per heavy atom. The van der Waals surface area contributed by atoms with Crippen molar-refractivity contribution in [3.05, 3.63) is 45.7 Å². The minimum Gasteiger partial charge on any atom is -0.478 e. The third-order valence-electron chi connectivity index (χ3n) is 2.58. The van der Waals surface area contributed by atoms with E-state index in [4.69, 9.17) is 9.63 Å². The van der Waals surface area contributed by atoms with Gasteiger partial charge in [0.2, 0.25) is 5.82 Å². The SMILES string of the molecule is O=C(O)c1cccc(-c2noc(-c3ccc(Br)s3)n2)c1. The van der Waals surface area contributed by atoms with E-state index in [0.29, 0.717) is 17.3 Å². The molecule has 0 bridgehead atoms. The highest BCUT2D eigenvalue weighted by Crippen LogP contribution is 2.31. The minimum absolute atomic E-state index is 0.188. The van der Waals surface area contributed by atoms with Crippen molar-refractivity contribution in [2.45, 2.75) is 0 Å². The molecule has 0 aliphatic carbocycles. The van der Waals surface area contributed by atoms with Crippen LogP contribution in [0.15, 0.2) is 44.7 Å². The van der Waals surface area contributed by atoms with E-state index < -0.39 is 5.97 Å². The average Bonchev–Trinajstić information content (AvgIpc) is 3.07. The second-order valence-corrected chi connectivity index (χ2v) is 6.38. The van der Waals surface area contributed by atoms with Crippen molar-refractivity contribution in [2.24, 2.45) is 0 Å². The van der Waals surface area contributed by atoms with Crippen LogP contribution in [0.2, 0.25) is 0 Å². The van der Waals surface area contributed by atoms with Gasteiger partial charge < -0.3 is 9.63 Å². The first kappa shape index (κ1) is 13.0. The monoisotopic (exact) mass is 350 g/mol. The zero-order valence-electron chi connectivity index (χ0n) is 9.91. The first-order valence-corrected chi connectivity index (χ1v) is 7.17. The van der Waals surface area contributed by atoms with Gasteiger partial charge in [-0.1, -0.05) is 17.3 Å². The molecule has 0 saturated heterocycles. The van der Waals surface area contributed by atoms with Crippen molar-refractivity contribution < 1.29 is 14.4 Å². The molecule has 0 amide bonds. The molecule has 7 heteroatoms. The number of hydrogen-bond donors (Lipinski definition) is 1. The van der Waals surface area contributed by atoms with Crippen LogP contribution < -0.4 is 0 Å². The first-order valence-electron chi connectivity index (χ1n) is 5.56. The molecule has 100 valence electrons. The Labute approximate surface area is 126 Å². The molecular formula is C13H7BrN2O3S. The Morgan fingerprint density at radius 3 is 2.85 bits per heavy atom. The van der Waals surface area contributed by atoms with Gasteiger partial charge in [-0.2, -0.15) is 4.98 Å². The lowest BCUT2D eigenvalue weighted by Crippen LogP contribution is -1.96. The van der Waals surface area contributed by atoms with Gasteiger partial charge in [-0.3, -0.25) is 0 Å². The number of aromatic nitrogens is 2. The topological polar surface area (TPSA) is 76.2 Å². The summed E-state index contributed by atoms with van der Waals surface area (Å²) in [5.74, 6) is -0.207. The van der Waals surface area contributed by atoms with Gasteiger partial charge in [-0.25, -0.2) is 4.79 Å². The van der Waals surface area contributed by atoms with Crippen LogP contribution in [0.3, 0.4) is 0 Å². The van der Waals surface area contributed by atoms with Crippen LogP contribution in [0.5, 0.6) is 0 Å². The number of halogens is 1. The number of hydrogen-bond acceptors (Lipinski definition) is 5. The van der Waals surface area contributed by atoms with E-state index in [1.165, 1.54) is 23.5 Å². The molecule has 1 N–H and O–H groups in total. The van der Waals surface area contributed by atoms with Crippen LogP contribution in [-0.2, 0) is 0 Å². The Hall–Kier alpha value is -1.99. The standard InChI is InChI=1S/C13H7BrN2O3S/c14-10-5-4-9(20-10)12-15-11(16-19-12)7-2-1-3-8(6-7)13(17)18/h1-6H,(H,17,18). The molecule has 5 nitrogen and oxygen atoms in total. The normalized spacial score (nSPS) is 10.7. The first-order chi connectivity index (χ1) is 9.63. The lowest BCUT2D eigenvalue weighted by Gasteiger charge is -1.96. The second-order valence-electron chi connectivity index (χ2n) is 3.91. The molecule has 0 aliphatic rings. The van der Waals surface area contributed by atoms with Crippen LogP contribution in [0.1, 0.15) is 10.4 Å². The predicted octanol–water partition coefficient (Wildman–Crippen LogP) is 3.93. The summed E-state index contributed by atoms with van der Waals surface area (Å²) in [6.07, 6.45) is 0. The molecule has 2 heterocycles. The van der Waals surface area contributed by atoms with Crippen molar-refractivity contribution >= 4 is 33.2 Å². The second kappa shape index (κ2) is 5.18. The molecule has 0 aliphatic heterocycles. The summed E-state index contributed by atoms with van der Waals surface area (Å²) in [6.45, 7) is 0. The van der Waals surface area contributed by atoms with Crippen LogP contribution in [0, 0.1) is 0 Å². The Morgan fingerprint density at radius 1 is 1.30 bits per heavy atom. The minimum atomic E-state index is -0.988. The highest BCUT2D eigenvalue weighted by molar-refractivity contribution is 9.11. The summed E-state index contributed by atoms with van der Waals surface area (Å²) < 4.78 is 6.17. The van der Waals surface area contributed by atoms with Crippen molar-refractivity contribution in [3.8, 4) is 22.2 Å². The maximum absolute atomic E-state index is 10.9. The largest absolute Gasteiger partial charge is 0.478 e. The van der Waals surface area contributed by atoms with Gasteiger partial charge in [0.15, 0.2) is 0 Å². The molecule has 0 unspecified atom stereocenters. The number of benzene rings is 1. The van der Waals surface area contributed by atoms with Gasteiger partial charge in [-0.15, -0.1) is 11.3 Å². The van der Waals surface area contributed by atoms with Crippen LogP contribution in [0.25, 0.3) is 22.2 Å². The maximum atomic E-state index is 10.9. The summed E-state index contributed by atoms with van der Waals surface area (Å²) in [7, 11) is 0. The van der Waals surface area contributed by atoms with Gasteiger partial charge in [0, 0.05) is 5.56 Å². The molecule has 1 aromatic carbocycles. The van der Waals surface area contributed by atoms with E-state index in [1.807, 2.05) is 12.1 Å². The van der Waals surface area contributed by atoms with Crippen molar-refractivity contribution in [2.75, 3.05) is 0 Å². The number of rotatable bonds is 3. The summed E-state index contributed by atoms with van der Waals surface area (Å²) in [5, 5.41) is 12.9. The quantitative estimate of drug-likeness (QED) is 0.774. The van der Waals surface area contributed by atoms with E-state index in [-0.39, 0.29) is 5.56 Å². The predicted molar refractivity (Wildman–Crippen MR) is 77.7 cm³/mol. The summed E-state index contributed by atoms with van der Waals surface area (Å²) in [4.78, 5) is 16.1. The fraction of sp³-hybridized carbons (Fsp3) is 0. The molecule has 20 heavy (non-hydrogen) atoms. The van der Waals surface area contributed by atoms with E-state index in [0.717, 1.165) is 8.66 Å². The van der Waals surface area contributed by atoms with E-state index >= 15 is 0 Å². The van der Waals surface area contributed by atoms with Gasteiger partial charge >= 0.3 is 5.97 Å². The van der Waals surface area contributed by atoms with Gasteiger partial charge in [0.25, 0.3) is 5.89 Å². The molecule has 0 saturated carbocycles. The third-order valence-corrected chi connectivity index (χ3v) is 4.19. The lowest BCUT2D eigenvalue weighted by molar-refractivity contribution is 0.0697. The van der Waals surface area contributed by atoms with E-state index in [2.05, 4.69) is 26.1 Å². The fourth-order valence-corrected chi connectivity index (χ4v) is 2.97. The number of carboxylic acid groups (broad SMARTS) is 1. The van der Waals surface area contributed by atoms with Crippen LogP contribution in [0.4, 0.5) is 0 Å². The summed E-state index contributed by atoms with van der Waals surface area (Å²) in [5.41, 5.74) is 0.795. The smallest absolute Gasteiger partial charge is 0.335 e. The summed E-state index contributed by atoms with van der Waals surface area (Å²) in [6, 6.07) is 10.2. The number of aromatic carboxylic acids is 1. The number of nitrogens with zero attached hydrogens (tertiary/aromatic N) is 2. The highest BCUT2D eigenvalue weighted by Gasteiger charge is 2.13. The molecule has 3 aromatic rings. The lowest BCUT2D eigenvalue weighted by atomic mass is 10.1. The number of carboxylic acids is 1. The van der Waals surface area contributed by atoms with E-state index in [1.54, 1.807) is 12.1 Å². The molecule has 3 rings (SSSR count). The average molecular weight is 351 g/mol. The van der Waals surface area contributed by atoms with Crippen molar-refractivity contribution in [1.82, 2.24) is 10.1 Å². The molecule has 0 spiro atoms. The molecule has 0 radical (unpaired) electrons. The Bertz CT molecular complexity index is 781. The maximum Gasteiger partial charge on any atom is 0.335 e. The van der Waals surface area contributed by atoms with Gasteiger partial charge in [0.05, 0.1) is 14.2 Å². The van der Waals surface area contributed by atoms with Gasteiger partial charge in [-0.05, 0) is 40.2 Å². The highest BCUT2D eigenvalue weighted by atomic mass is 79.9. The van der Waals surface area contributed by atoms with Crippen molar-refractivity contribution in [1.29, 1.82) is 0 Å². The van der Waals surface area contributed by atoms with Crippen LogP contribution in [-0.4, -0.2) is 21.2 Å². The molecule has 0 fully saturated rings. The molecule has 0 atom stereocenters. The number of thiophene rings is 1. The Balaban J connectivity index is 1.98. The van der Waals surface area contributed by atoms with Crippen LogP contribution >= 0.6 is 27.3 Å². The number of carbonyl (C=O) groups is 1. The Kier molecular flexibility index (Phi) is 3.37. The van der Waals surface area contributed by atoms with Crippen molar-refractivity contribution in [3.63, 3.8) is 0 Å². The third kappa shape index (κ3) is 2.50. The fourth-order valence-electron chi connectivity index (χ4n) is 1.66. The summed E-state index contributed by atoms with van der Waals surface area (Å²) >= 11 is 4.85. The van der Waals surface area contributed by atoms with Gasteiger partial charge in [0.1, 0.15) is 0 Å². The molecular weight excluding hydrogens is 344 g/mol. The molecule has 2 aromatic heterocycles. The van der Waals surface area contributed by atoms with E-state index in [9.17, 15) is 4.79 Å².